The fourth-order valence-corrected chi connectivity index (χ4v) is 2.69. The van der Waals surface area contributed by atoms with Gasteiger partial charge in [-0.3, -0.25) is 4.55 Å². The van der Waals surface area contributed by atoms with Gasteiger partial charge in [-0.2, -0.15) is 30.4 Å². The van der Waals surface area contributed by atoms with Gasteiger partial charge < -0.3 is 14.6 Å². The first kappa shape index (κ1) is 27.9. The van der Waals surface area contributed by atoms with E-state index in [4.69, 9.17) is 14.0 Å². The molecule has 7 nitrogen and oxygen atoms in total. The van der Waals surface area contributed by atoms with Gasteiger partial charge in [0.2, 0.25) is 0 Å². The third-order valence-electron chi connectivity index (χ3n) is 4.38. The van der Waals surface area contributed by atoms with Gasteiger partial charge in [0.05, 0.1) is 12.2 Å². The quantitative estimate of drug-likeness (QED) is 0.114. The van der Waals surface area contributed by atoms with Crippen molar-refractivity contribution in [3.63, 3.8) is 0 Å². The van der Waals surface area contributed by atoms with E-state index in [-0.39, 0.29) is 43.8 Å². The molecule has 0 spiro atoms. The molecule has 0 saturated carbocycles. The van der Waals surface area contributed by atoms with Gasteiger partial charge in [-0.25, -0.2) is 4.79 Å². The highest BCUT2D eigenvalue weighted by atomic mass is 32.2. The summed E-state index contributed by atoms with van der Waals surface area (Å²) in [6.07, 6.45) is -5.67. The average molecular weight is 490 g/mol. The lowest BCUT2D eigenvalue weighted by atomic mass is 9.95. The molecule has 0 saturated heterocycles. The summed E-state index contributed by atoms with van der Waals surface area (Å²) in [5.41, 5.74) is -3.63. The molecule has 0 aromatic heterocycles. The number of rotatable bonds is 12. The highest BCUT2D eigenvalue weighted by Gasteiger charge is 2.51. The summed E-state index contributed by atoms with van der Waals surface area (Å²) in [6.45, 7) is 3.83. The second kappa shape index (κ2) is 10.7. The van der Waals surface area contributed by atoms with E-state index in [2.05, 4.69) is 6.58 Å². The first-order valence-electron chi connectivity index (χ1n) is 9.21. The Kier molecular flexibility index (Phi) is 9.33. The normalized spacial score (nSPS) is 14.6. The Bertz CT molecular complexity index is 894. The van der Waals surface area contributed by atoms with Crippen LogP contribution in [-0.2, 0) is 25.3 Å². The molecule has 1 rings (SSSR count). The molecule has 0 radical (unpaired) electrons. The van der Waals surface area contributed by atoms with E-state index in [0.717, 1.165) is 24.3 Å². The smallest absolute Gasteiger partial charge is 0.421 e. The maximum absolute atomic E-state index is 13.0. The van der Waals surface area contributed by atoms with E-state index in [9.17, 15) is 40.3 Å². The Morgan fingerprint density at radius 1 is 1.06 bits per heavy atom. The predicted octanol–water partition coefficient (Wildman–Crippen LogP) is 3.98. The van der Waals surface area contributed by atoms with Crippen molar-refractivity contribution < 1.29 is 54.3 Å². The maximum atomic E-state index is 13.0. The van der Waals surface area contributed by atoms with E-state index in [1.165, 1.54) is 0 Å². The number of alkyl halides is 5. The molecule has 13 heteroatoms. The standard InChI is InChI=1S/C19H23F5O7S/c1-13(12-30-11-5-3-4-10-18(20,21)32(27,28)29)16(25)31-15-8-6-14(7-9-15)17(2,26)19(22,23)24/h6-9,26H,1,3-5,10-12H2,2H3,(H,27,28,29). The molecule has 0 fully saturated rings. The zero-order chi connectivity index (χ0) is 24.8. The molecule has 182 valence electrons. The average Bonchev–Trinajstić information content (AvgIpc) is 2.65. The van der Waals surface area contributed by atoms with E-state index >= 15 is 0 Å². The number of hydrogen-bond acceptors (Lipinski definition) is 6. The Hall–Kier alpha value is -2.09. The Morgan fingerprint density at radius 3 is 2.12 bits per heavy atom. The van der Waals surface area contributed by atoms with Crippen molar-refractivity contribution in [2.45, 2.75) is 49.6 Å². The molecule has 0 aliphatic rings. The number of esters is 1. The van der Waals surface area contributed by atoms with Crippen LogP contribution in [0.3, 0.4) is 0 Å². The largest absolute Gasteiger partial charge is 0.423 e. The summed E-state index contributed by atoms with van der Waals surface area (Å²) in [4.78, 5) is 11.9. The second-order valence-electron chi connectivity index (χ2n) is 7.06. The number of ether oxygens (including phenoxy) is 2. The van der Waals surface area contributed by atoms with Crippen molar-refractivity contribution in [1.29, 1.82) is 0 Å². The van der Waals surface area contributed by atoms with Crippen LogP contribution in [0.1, 0.15) is 38.2 Å². The van der Waals surface area contributed by atoms with Gasteiger partial charge in [0.15, 0.2) is 5.60 Å². The highest BCUT2D eigenvalue weighted by Crippen LogP contribution is 2.38. The van der Waals surface area contributed by atoms with Gasteiger partial charge in [-0.05, 0) is 37.5 Å². The third-order valence-corrected chi connectivity index (χ3v) is 5.34. The molecule has 0 amide bonds. The van der Waals surface area contributed by atoms with Crippen LogP contribution in [0.25, 0.3) is 0 Å². The summed E-state index contributed by atoms with van der Waals surface area (Å²) in [6, 6.07) is 4.07. The van der Waals surface area contributed by atoms with Crippen molar-refractivity contribution in [2.24, 2.45) is 0 Å². The fourth-order valence-electron chi connectivity index (χ4n) is 2.29. The molecule has 0 aliphatic carbocycles. The number of halogens is 5. The molecule has 1 unspecified atom stereocenters. The van der Waals surface area contributed by atoms with Gasteiger partial charge >= 0.3 is 27.5 Å². The van der Waals surface area contributed by atoms with Crippen LogP contribution in [-0.4, -0.2) is 48.7 Å². The molecular weight excluding hydrogens is 467 g/mol. The van der Waals surface area contributed by atoms with E-state index < -0.39 is 45.1 Å². The van der Waals surface area contributed by atoms with Gasteiger partial charge in [0.25, 0.3) is 0 Å². The zero-order valence-electron chi connectivity index (χ0n) is 17.0. The Balaban J connectivity index is 2.38. The third kappa shape index (κ3) is 7.80. The molecule has 0 heterocycles. The van der Waals surface area contributed by atoms with Crippen LogP contribution in [0, 0.1) is 0 Å². The van der Waals surface area contributed by atoms with Crippen LogP contribution in [0.2, 0.25) is 0 Å². The molecule has 32 heavy (non-hydrogen) atoms. The minimum absolute atomic E-state index is 0.0466. The lowest BCUT2D eigenvalue weighted by molar-refractivity contribution is -0.258. The minimum Gasteiger partial charge on any atom is -0.423 e. The summed E-state index contributed by atoms with van der Waals surface area (Å²) in [5, 5.41) is 5.38. The zero-order valence-corrected chi connectivity index (χ0v) is 17.8. The van der Waals surface area contributed by atoms with Crippen LogP contribution >= 0.6 is 0 Å². The van der Waals surface area contributed by atoms with E-state index in [1.807, 2.05) is 0 Å². The molecule has 1 atom stereocenters. The van der Waals surface area contributed by atoms with Crippen molar-refractivity contribution in [1.82, 2.24) is 0 Å². The van der Waals surface area contributed by atoms with E-state index in [1.54, 1.807) is 0 Å². The van der Waals surface area contributed by atoms with Gasteiger partial charge in [0.1, 0.15) is 5.75 Å². The maximum Gasteiger partial charge on any atom is 0.421 e. The molecule has 2 N–H and O–H groups in total. The first-order valence-corrected chi connectivity index (χ1v) is 10.7. The van der Waals surface area contributed by atoms with Gasteiger partial charge in [0, 0.05) is 13.0 Å². The Labute approximate surface area is 181 Å². The summed E-state index contributed by atoms with van der Waals surface area (Å²) < 4.78 is 104. The molecule has 1 aromatic carbocycles. The number of hydrogen-bond donors (Lipinski definition) is 2. The van der Waals surface area contributed by atoms with Crippen LogP contribution in [0.4, 0.5) is 22.0 Å². The molecule has 0 bridgehead atoms. The van der Waals surface area contributed by atoms with Crippen molar-refractivity contribution >= 4 is 16.1 Å². The lowest BCUT2D eigenvalue weighted by Gasteiger charge is -2.26. The Morgan fingerprint density at radius 2 is 1.62 bits per heavy atom. The number of aliphatic hydroxyl groups is 1. The SMILES string of the molecule is C=C(COCCCCCC(F)(F)S(=O)(=O)O)C(=O)Oc1ccc(C(C)(O)C(F)(F)F)cc1. The van der Waals surface area contributed by atoms with Crippen LogP contribution < -0.4 is 4.74 Å². The van der Waals surface area contributed by atoms with Gasteiger partial charge in [-0.15, -0.1) is 0 Å². The number of benzene rings is 1. The first-order chi connectivity index (χ1) is 14.5. The van der Waals surface area contributed by atoms with E-state index in [0.29, 0.717) is 6.92 Å². The highest BCUT2D eigenvalue weighted by molar-refractivity contribution is 7.86. The number of carbonyl (C=O) groups excluding carboxylic acids is 1. The van der Waals surface area contributed by atoms with Crippen molar-refractivity contribution in [3.05, 3.63) is 42.0 Å². The number of unbranched alkanes of at least 4 members (excludes halogenated alkanes) is 2. The fraction of sp³-hybridized carbons (Fsp3) is 0.526. The van der Waals surface area contributed by atoms with Crippen molar-refractivity contribution in [3.8, 4) is 5.75 Å². The second-order valence-corrected chi connectivity index (χ2v) is 8.61. The minimum atomic E-state index is -5.45. The van der Waals surface area contributed by atoms with Gasteiger partial charge in [-0.1, -0.05) is 25.1 Å². The molecule has 0 aliphatic heterocycles. The molecular formula is C19H23F5O7S. The monoisotopic (exact) mass is 490 g/mol. The summed E-state index contributed by atoms with van der Waals surface area (Å²) in [7, 11) is -5.45. The topological polar surface area (TPSA) is 110 Å². The lowest BCUT2D eigenvalue weighted by Crippen LogP contribution is -2.39. The van der Waals surface area contributed by atoms with Crippen molar-refractivity contribution in [2.75, 3.05) is 13.2 Å². The predicted molar refractivity (Wildman–Crippen MR) is 103 cm³/mol. The molecule has 1 aromatic rings. The number of carbonyl (C=O) groups is 1. The summed E-state index contributed by atoms with van der Waals surface area (Å²) in [5.74, 6) is -0.995. The van der Waals surface area contributed by atoms with Crippen LogP contribution in [0.15, 0.2) is 36.4 Å². The summed E-state index contributed by atoms with van der Waals surface area (Å²) >= 11 is 0. The van der Waals surface area contributed by atoms with Crippen LogP contribution in [0.5, 0.6) is 5.75 Å².